The monoisotopic (exact) mass is 367 g/mol. The van der Waals surface area contributed by atoms with E-state index < -0.39 is 11.8 Å². The molecule has 0 aromatic heterocycles. The van der Waals surface area contributed by atoms with E-state index in [9.17, 15) is 14.7 Å². The molecule has 0 saturated carbocycles. The maximum atomic E-state index is 11.9. The zero-order valence-electron chi connectivity index (χ0n) is 15.2. The number of allylic oxidation sites excluding steroid dienone is 1. The van der Waals surface area contributed by atoms with Crippen molar-refractivity contribution >= 4 is 23.7 Å². The van der Waals surface area contributed by atoms with E-state index >= 15 is 0 Å². The van der Waals surface area contributed by atoms with Crippen LogP contribution in [0, 0.1) is 6.92 Å². The molecule has 0 spiro atoms. The van der Waals surface area contributed by atoms with Crippen LogP contribution < -0.4 is 15.5 Å². The minimum Gasteiger partial charge on any atom is -0.504 e. The molecule has 0 atom stereocenters. The van der Waals surface area contributed by atoms with Gasteiger partial charge >= 0.3 is 11.8 Å². The first-order valence-corrected chi connectivity index (χ1v) is 8.16. The van der Waals surface area contributed by atoms with Gasteiger partial charge in [-0.05, 0) is 43.2 Å². The Bertz CT molecular complexity index is 874. The number of nitrogens with zero attached hydrogens (tertiary/aromatic N) is 1. The molecule has 140 valence electrons. The minimum absolute atomic E-state index is 0.0241. The number of ether oxygens (including phenoxy) is 1. The molecule has 0 heterocycles. The Balaban J connectivity index is 2.02. The molecule has 27 heavy (non-hydrogen) atoms. The van der Waals surface area contributed by atoms with Gasteiger partial charge in [0.05, 0.1) is 13.3 Å². The number of hydrogen-bond donors (Lipinski definition) is 3. The van der Waals surface area contributed by atoms with Crippen molar-refractivity contribution in [3.63, 3.8) is 0 Å². The van der Waals surface area contributed by atoms with Crippen molar-refractivity contribution in [2.75, 3.05) is 12.4 Å². The Kier molecular flexibility index (Phi) is 6.71. The van der Waals surface area contributed by atoms with E-state index in [0.29, 0.717) is 23.2 Å². The van der Waals surface area contributed by atoms with E-state index in [2.05, 4.69) is 22.4 Å². The smallest absolute Gasteiger partial charge is 0.329 e. The van der Waals surface area contributed by atoms with Crippen LogP contribution in [0.25, 0.3) is 0 Å². The molecule has 0 fully saturated rings. The van der Waals surface area contributed by atoms with Crippen molar-refractivity contribution in [1.29, 1.82) is 0 Å². The number of rotatable bonds is 6. The second-order valence-electron chi connectivity index (χ2n) is 5.74. The molecule has 7 heteroatoms. The number of hydrazone groups is 1. The van der Waals surface area contributed by atoms with Crippen LogP contribution in [-0.2, 0) is 16.0 Å². The van der Waals surface area contributed by atoms with Crippen molar-refractivity contribution in [2.24, 2.45) is 5.10 Å². The van der Waals surface area contributed by atoms with Crippen LogP contribution in [0.4, 0.5) is 5.69 Å². The summed E-state index contributed by atoms with van der Waals surface area (Å²) < 4.78 is 5.12. The van der Waals surface area contributed by atoms with E-state index in [4.69, 9.17) is 4.74 Å². The summed E-state index contributed by atoms with van der Waals surface area (Å²) >= 11 is 0. The third-order valence-corrected chi connectivity index (χ3v) is 3.66. The van der Waals surface area contributed by atoms with Crippen LogP contribution in [0.2, 0.25) is 0 Å². The minimum atomic E-state index is -0.899. The molecular weight excluding hydrogens is 346 g/mol. The highest BCUT2D eigenvalue weighted by molar-refractivity contribution is 6.39. The highest BCUT2D eigenvalue weighted by atomic mass is 16.5. The summed E-state index contributed by atoms with van der Waals surface area (Å²) in [7, 11) is 1.44. The number of nitrogens with one attached hydrogen (secondary N) is 2. The Morgan fingerprint density at radius 2 is 1.93 bits per heavy atom. The van der Waals surface area contributed by atoms with Crippen LogP contribution in [0.1, 0.15) is 16.7 Å². The average Bonchev–Trinajstić information content (AvgIpc) is 2.66. The van der Waals surface area contributed by atoms with Crippen molar-refractivity contribution in [3.8, 4) is 11.5 Å². The number of phenols is 1. The van der Waals surface area contributed by atoms with Gasteiger partial charge in [-0.2, -0.15) is 5.10 Å². The number of hydrogen-bond acceptors (Lipinski definition) is 5. The van der Waals surface area contributed by atoms with E-state index in [1.807, 2.05) is 19.1 Å². The Labute approximate surface area is 157 Å². The summed E-state index contributed by atoms with van der Waals surface area (Å²) in [5.74, 6) is -1.43. The Morgan fingerprint density at radius 3 is 2.56 bits per heavy atom. The zero-order chi connectivity index (χ0) is 19.8. The molecule has 2 rings (SSSR count). The molecule has 0 saturated heterocycles. The average molecular weight is 367 g/mol. The molecule has 2 aromatic carbocycles. The molecule has 0 aliphatic heterocycles. The molecule has 7 nitrogen and oxygen atoms in total. The van der Waals surface area contributed by atoms with Gasteiger partial charge in [0.2, 0.25) is 0 Å². The first-order chi connectivity index (χ1) is 12.9. The number of carbonyl (C=O) groups excluding carboxylic acids is 2. The van der Waals surface area contributed by atoms with Gasteiger partial charge in [0.1, 0.15) is 0 Å². The maximum absolute atomic E-state index is 11.9. The first kappa shape index (κ1) is 19.7. The van der Waals surface area contributed by atoms with Crippen LogP contribution >= 0.6 is 0 Å². The second kappa shape index (κ2) is 9.19. The molecule has 0 unspecified atom stereocenters. The first-order valence-electron chi connectivity index (χ1n) is 8.16. The largest absolute Gasteiger partial charge is 0.504 e. The third-order valence-electron chi connectivity index (χ3n) is 3.66. The van der Waals surface area contributed by atoms with Gasteiger partial charge in [-0.15, -0.1) is 6.58 Å². The van der Waals surface area contributed by atoms with Gasteiger partial charge in [0, 0.05) is 11.3 Å². The van der Waals surface area contributed by atoms with Crippen LogP contribution in [0.15, 0.2) is 54.2 Å². The summed E-state index contributed by atoms with van der Waals surface area (Å²) in [5.41, 5.74) is 4.91. The molecule has 2 amide bonds. The number of amides is 2. The van der Waals surface area contributed by atoms with Gasteiger partial charge in [-0.1, -0.05) is 23.8 Å². The highest BCUT2D eigenvalue weighted by Crippen LogP contribution is 2.31. The van der Waals surface area contributed by atoms with Crippen molar-refractivity contribution in [3.05, 3.63) is 65.7 Å². The molecule has 0 aliphatic rings. The summed E-state index contributed by atoms with van der Waals surface area (Å²) in [5, 5.41) is 16.3. The lowest BCUT2D eigenvalue weighted by Gasteiger charge is -2.09. The number of benzene rings is 2. The van der Waals surface area contributed by atoms with Crippen LogP contribution in [-0.4, -0.2) is 30.2 Å². The summed E-state index contributed by atoms with van der Waals surface area (Å²) in [6, 6.07) is 10.3. The Morgan fingerprint density at radius 1 is 1.22 bits per heavy atom. The molecule has 3 N–H and O–H groups in total. The Hall–Kier alpha value is -3.61. The highest BCUT2D eigenvalue weighted by Gasteiger charge is 2.13. The predicted molar refractivity (Wildman–Crippen MR) is 104 cm³/mol. The standard InChI is InChI=1S/C20H21N3O4/c1-4-5-15-10-14(11-17(27-3)18(15)24)12-21-23-20(26)19(25)22-16-8-6-13(2)7-9-16/h4,6-12,24H,1,5H2,2-3H3,(H,22,25)(H,23,26)/b21-12+. The molecular formula is C20H21N3O4. The number of carbonyl (C=O) groups is 2. The molecule has 0 radical (unpaired) electrons. The SMILES string of the molecule is C=CCc1cc(/C=N/NC(=O)C(=O)Nc2ccc(C)cc2)cc(OC)c1O. The number of phenolic OH excluding ortho intramolecular Hbond substituents is 1. The number of aryl methyl sites for hydroxylation is 1. The number of aromatic hydroxyl groups is 1. The lowest BCUT2D eigenvalue weighted by molar-refractivity contribution is -0.136. The number of anilines is 1. The summed E-state index contributed by atoms with van der Waals surface area (Å²) in [6.45, 7) is 5.56. The van der Waals surface area contributed by atoms with Crippen molar-refractivity contribution in [1.82, 2.24) is 5.43 Å². The lowest BCUT2D eigenvalue weighted by atomic mass is 10.1. The third kappa shape index (κ3) is 5.43. The fourth-order valence-electron chi connectivity index (χ4n) is 2.27. The quantitative estimate of drug-likeness (QED) is 0.316. The van der Waals surface area contributed by atoms with Gasteiger partial charge < -0.3 is 15.2 Å². The topological polar surface area (TPSA) is 100 Å². The van der Waals surface area contributed by atoms with Crippen LogP contribution in [0.3, 0.4) is 0 Å². The lowest BCUT2D eigenvalue weighted by Crippen LogP contribution is -2.32. The van der Waals surface area contributed by atoms with Gasteiger partial charge in [0.25, 0.3) is 0 Å². The van der Waals surface area contributed by atoms with E-state index in [-0.39, 0.29) is 11.5 Å². The number of methoxy groups -OCH3 is 1. The van der Waals surface area contributed by atoms with Gasteiger partial charge in [-0.25, -0.2) is 5.43 Å². The van der Waals surface area contributed by atoms with Gasteiger partial charge in [-0.3, -0.25) is 9.59 Å². The normalized spacial score (nSPS) is 10.4. The fraction of sp³-hybridized carbons (Fsp3) is 0.150. The molecule has 0 bridgehead atoms. The summed E-state index contributed by atoms with van der Waals surface area (Å²) in [6.07, 6.45) is 3.44. The maximum Gasteiger partial charge on any atom is 0.329 e. The second-order valence-corrected chi connectivity index (χ2v) is 5.74. The predicted octanol–water partition coefficient (Wildman–Crippen LogP) is 2.53. The molecule has 2 aromatic rings. The van der Waals surface area contributed by atoms with E-state index in [1.165, 1.54) is 13.3 Å². The van der Waals surface area contributed by atoms with Crippen molar-refractivity contribution in [2.45, 2.75) is 13.3 Å². The van der Waals surface area contributed by atoms with Gasteiger partial charge in [0.15, 0.2) is 11.5 Å². The summed E-state index contributed by atoms with van der Waals surface area (Å²) in [4.78, 5) is 23.7. The van der Waals surface area contributed by atoms with E-state index in [1.54, 1.807) is 30.3 Å². The van der Waals surface area contributed by atoms with E-state index in [0.717, 1.165) is 5.56 Å². The van der Waals surface area contributed by atoms with Crippen molar-refractivity contribution < 1.29 is 19.4 Å². The zero-order valence-corrected chi connectivity index (χ0v) is 15.2. The van der Waals surface area contributed by atoms with Crippen LogP contribution in [0.5, 0.6) is 11.5 Å². The molecule has 0 aliphatic carbocycles. The fourth-order valence-corrected chi connectivity index (χ4v) is 2.27.